The van der Waals surface area contributed by atoms with E-state index in [2.05, 4.69) is 11.8 Å². The summed E-state index contributed by atoms with van der Waals surface area (Å²) in [4.78, 5) is 2.34. The SMILES string of the molecule is C[C@H]([C@@H](O)c1ccc2c(c1)OCO2)N1CCCC1. The molecule has 18 heavy (non-hydrogen) atoms. The number of fused-ring (bicyclic) bond motifs is 1. The van der Waals surface area contributed by atoms with Gasteiger partial charge >= 0.3 is 0 Å². The van der Waals surface area contributed by atoms with Crippen LogP contribution in [0.4, 0.5) is 0 Å². The maximum absolute atomic E-state index is 10.4. The second-order valence-electron chi connectivity index (χ2n) is 5.04. The van der Waals surface area contributed by atoms with Crippen LogP contribution in [0, 0.1) is 0 Å². The molecule has 1 aromatic rings. The van der Waals surface area contributed by atoms with Gasteiger partial charge in [-0.2, -0.15) is 0 Å². The Morgan fingerprint density at radius 2 is 1.89 bits per heavy atom. The Hall–Kier alpha value is -1.26. The molecule has 1 fully saturated rings. The minimum absolute atomic E-state index is 0.146. The van der Waals surface area contributed by atoms with Gasteiger partial charge in [-0.1, -0.05) is 6.07 Å². The second-order valence-corrected chi connectivity index (χ2v) is 5.04. The van der Waals surface area contributed by atoms with E-state index in [9.17, 15) is 5.11 Å². The van der Waals surface area contributed by atoms with Crippen LogP contribution in [-0.2, 0) is 0 Å². The number of aliphatic hydroxyl groups excluding tert-OH is 1. The monoisotopic (exact) mass is 249 g/mol. The zero-order valence-corrected chi connectivity index (χ0v) is 10.6. The molecule has 2 heterocycles. The van der Waals surface area contributed by atoms with Gasteiger partial charge < -0.3 is 14.6 Å². The first-order chi connectivity index (χ1) is 8.75. The molecule has 4 nitrogen and oxygen atoms in total. The first kappa shape index (κ1) is 11.8. The van der Waals surface area contributed by atoms with E-state index in [4.69, 9.17) is 9.47 Å². The summed E-state index contributed by atoms with van der Waals surface area (Å²) in [5.41, 5.74) is 0.902. The van der Waals surface area contributed by atoms with Crippen molar-refractivity contribution in [3.05, 3.63) is 23.8 Å². The number of hydrogen-bond acceptors (Lipinski definition) is 4. The molecule has 0 spiro atoms. The Morgan fingerprint density at radius 3 is 2.67 bits per heavy atom. The number of rotatable bonds is 3. The molecule has 4 heteroatoms. The standard InChI is InChI=1S/C14H19NO3/c1-10(15-6-2-3-7-15)14(16)11-4-5-12-13(8-11)18-9-17-12/h4-5,8,10,14,16H,2-3,6-7,9H2,1H3/t10-,14-/m1/s1. The Balaban J connectivity index is 1.77. The summed E-state index contributed by atoms with van der Waals surface area (Å²) >= 11 is 0. The molecule has 2 aliphatic heterocycles. The highest BCUT2D eigenvalue weighted by molar-refractivity contribution is 5.45. The van der Waals surface area contributed by atoms with Crippen LogP contribution < -0.4 is 9.47 Å². The maximum atomic E-state index is 10.4. The van der Waals surface area contributed by atoms with Crippen LogP contribution in [0.1, 0.15) is 31.4 Å². The molecule has 0 amide bonds. The van der Waals surface area contributed by atoms with Crippen molar-refractivity contribution in [2.24, 2.45) is 0 Å². The molecule has 1 saturated heterocycles. The zero-order chi connectivity index (χ0) is 12.5. The van der Waals surface area contributed by atoms with Crippen LogP contribution in [0.5, 0.6) is 11.5 Å². The summed E-state index contributed by atoms with van der Waals surface area (Å²) < 4.78 is 10.6. The first-order valence-corrected chi connectivity index (χ1v) is 6.57. The van der Waals surface area contributed by atoms with Gasteiger partial charge in [-0.05, 0) is 50.6 Å². The van der Waals surface area contributed by atoms with E-state index in [1.807, 2.05) is 18.2 Å². The van der Waals surface area contributed by atoms with E-state index in [1.165, 1.54) is 12.8 Å². The summed E-state index contributed by atoms with van der Waals surface area (Å²) in [5, 5.41) is 10.4. The summed E-state index contributed by atoms with van der Waals surface area (Å²) in [6.45, 7) is 4.53. The highest BCUT2D eigenvalue weighted by atomic mass is 16.7. The van der Waals surface area contributed by atoms with Crippen molar-refractivity contribution in [3.8, 4) is 11.5 Å². The van der Waals surface area contributed by atoms with Gasteiger partial charge in [0.25, 0.3) is 0 Å². The molecule has 98 valence electrons. The van der Waals surface area contributed by atoms with Gasteiger partial charge in [0.05, 0.1) is 6.10 Å². The fourth-order valence-corrected chi connectivity index (χ4v) is 2.72. The molecule has 0 saturated carbocycles. The third-order valence-electron chi connectivity index (χ3n) is 3.91. The normalized spacial score (nSPS) is 22.1. The van der Waals surface area contributed by atoms with Gasteiger partial charge in [-0.3, -0.25) is 4.90 Å². The first-order valence-electron chi connectivity index (χ1n) is 6.57. The Kier molecular flexibility index (Phi) is 3.14. The lowest BCUT2D eigenvalue weighted by atomic mass is 10.0. The molecule has 0 unspecified atom stereocenters. The quantitative estimate of drug-likeness (QED) is 0.889. The van der Waals surface area contributed by atoms with Crippen molar-refractivity contribution in [3.63, 3.8) is 0 Å². The highest BCUT2D eigenvalue weighted by Crippen LogP contribution is 2.35. The topological polar surface area (TPSA) is 41.9 Å². The van der Waals surface area contributed by atoms with Crippen LogP contribution in [0.25, 0.3) is 0 Å². The number of hydrogen-bond donors (Lipinski definition) is 1. The Morgan fingerprint density at radius 1 is 1.17 bits per heavy atom. The van der Waals surface area contributed by atoms with E-state index in [-0.39, 0.29) is 12.8 Å². The van der Waals surface area contributed by atoms with Crippen LogP contribution in [0.3, 0.4) is 0 Å². The zero-order valence-electron chi connectivity index (χ0n) is 10.6. The van der Waals surface area contributed by atoms with Crippen molar-refractivity contribution in [1.82, 2.24) is 4.90 Å². The van der Waals surface area contributed by atoms with Gasteiger partial charge in [0.15, 0.2) is 11.5 Å². The number of ether oxygens (including phenoxy) is 2. The highest BCUT2D eigenvalue weighted by Gasteiger charge is 2.26. The maximum Gasteiger partial charge on any atom is 0.231 e. The fourth-order valence-electron chi connectivity index (χ4n) is 2.72. The molecular weight excluding hydrogens is 230 g/mol. The average molecular weight is 249 g/mol. The van der Waals surface area contributed by atoms with Crippen LogP contribution in [0.2, 0.25) is 0 Å². The number of nitrogens with zero attached hydrogens (tertiary/aromatic N) is 1. The van der Waals surface area contributed by atoms with Crippen LogP contribution in [0.15, 0.2) is 18.2 Å². The number of aliphatic hydroxyl groups is 1. The van der Waals surface area contributed by atoms with E-state index >= 15 is 0 Å². The molecule has 3 rings (SSSR count). The minimum Gasteiger partial charge on any atom is -0.454 e. The second kappa shape index (κ2) is 4.78. The molecule has 2 aliphatic rings. The molecule has 1 N–H and O–H groups in total. The predicted molar refractivity (Wildman–Crippen MR) is 67.8 cm³/mol. The van der Waals surface area contributed by atoms with E-state index in [1.54, 1.807) is 0 Å². The summed E-state index contributed by atoms with van der Waals surface area (Å²) in [5.74, 6) is 1.50. The molecular formula is C14H19NO3. The number of likely N-dealkylation sites (tertiary alicyclic amines) is 1. The lowest BCUT2D eigenvalue weighted by Gasteiger charge is -2.28. The van der Waals surface area contributed by atoms with Crippen molar-refractivity contribution in [1.29, 1.82) is 0 Å². The van der Waals surface area contributed by atoms with Gasteiger partial charge in [-0.25, -0.2) is 0 Å². The third-order valence-corrected chi connectivity index (χ3v) is 3.91. The average Bonchev–Trinajstić information content (AvgIpc) is 3.06. The van der Waals surface area contributed by atoms with Crippen molar-refractivity contribution in [2.75, 3.05) is 19.9 Å². The summed E-state index contributed by atoms with van der Waals surface area (Å²) in [6.07, 6.45) is 1.99. The fraction of sp³-hybridized carbons (Fsp3) is 0.571. The van der Waals surface area contributed by atoms with Gasteiger partial charge in [0.2, 0.25) is 6.79 Å². The molecule has 0 aliphatic carbocycles. The predicted octanol–water partition coefficient (Wildman–Crippen LogP) is 1.93. The van der Waals surface area contributed by atoms with Crippen molar-refractivity contribution in [2.45, 2.75) is 31.9 Å². The lowest BCUT2D eigenvalue weighted by molar-refractivity contribution is 0.0714. The van der Waals surface area contributed by atoms with E-state index < -0.39 is 6.10 Å². The molecule has 0 radical (unpaired) electrons. The Bertz CT molecular complexity index is 429. The molecule has 2 atom stereocenters. The summed E-state index contributed by atoms with van der Waals surface area (Å²) in [7, 11) is 0. The van der Waals surface area contributed by atoms with E-state index in [0.29, 0.717) is 0 Å². The summed E-state index contributed by atoms with van der Waals surface area (Å²) in [6, 6.07) is 5.83. The number of benzene rings is 1. The van der Waals surface area contributed by atoms with Gasteiger partial charge in [0.1, 0.15) is 0 Å². The molecule has 0 aromatic heterocycles. The van der Waals surface area contributed by atoms with E-state index in [0.717, 1.165) is 30.2 Å². The van der Waals surface area contributed by atoms with Gasteiger partial charge in [0, 0.05) is 6.04 Å². The van der Waals surface area contributed by atoms with Crippen molar-refractivity contribution < 1.29 is 14.6 Å². The smallest absolute Gasteiger partial charge is 0.231 e. The molecule has 1 aromatic carbocycles. The molecule has 0 bridgehead atoms. The third kappa shape index (κ3) is 2.06. The van der Waals surface area contributed by atoms with Crippen molar-refractivity contribution >= 4 is 0 Å². The van der Waals surface area contributed by atoms with Gasteiger partial charge in [-0.15, -0.1) is 0 Å². The largest absolute Gasteiger partial charge is 0.454 e. The Labute approximate surface area is 107 Å². The lowest BCUT2D eigenvalue weighted by Crippen LogP contribution is -2.35. The van der Waals surface area contributed by atoms with Crippen LogP contribution in [-0.4, -0.2) is 35.9 Å². The van der Waals surface area contributed by atoms with Crippen LogP contribution >= 0.6 is 0 Å². The minimum atomic E-state index is -0.474.